The van der Waals surface area contributed by atoms with Gasteiger partial charge in [-0.3, -0.25) is 9.78 Å². The minimum Gasteiger partial charge on any atom is -0.339 e. The molecule has 4 rings (SSSR count). The van der Waals surface area contributed by atoms with Gasteiger partial charge in [-0.05, 0) is 31.0 Å². The van der Waals surface area contributed by atoms with E-state index in [2.05, 4.69) is 20.4 Å². The monoisotopic (exact) mass is 433 g/mol. The maximum atomic E-state index is 13.1. The summed E-state index contributed by atoms with van der Waals surface area (Å²) in [6.45, 7) is 2.20. The normalized spacial score (nSPS) is 17.9. The van der Waals surface area contributed by atoms with Crippen LogP contribution in [0.1, 0.15) is 18.7 Å². The lowest BCUT2D eigenvalue weighted by Crippen LogP contribution is -2.43. The summed E-state index contributed by atoms with van der Waals surface area (Å²) in [4.78, 5) is 20.7. The molecular formula is C18H19N5O4S2. The highest BCUT2D eigenvalue weighted by Crippen LogP contribution is 2.31. The lowest BCUT2D eigenvalue weighted by atomic mass is 9.99. The number of pyridine rings is 1. The summed E-state index contributed by atoms with van der Waals surface area (Å²) in [5, 5.41) is 8.32. The molecule has 3 aromatic heterocycles. The lowest BCUT2D eigenvalue weighted by molar-refractivity contribution is -0.120. The number of thiophene rings is 1. The molecule has 0 aliphatic carbocycles. The molecule has 11 heteroatoms. The lowest BCUT2D eigenvalue weighted by Gasteiger charge is -2.30. The van der Waals surface area contributed by atoms with Crippen molar-refractivity contribution in [2.75, 3.05) is 18.4 Å². The standard InChI is InChI=1S/C18H19N5O4S2/c1-12-20-17(22-27-12)14-8-16(28-11-14)29(25,26)23-7-3-4-13(10-23)18(24)21-15-5-2-6-19-9-15/h2,5-6,8-9,11,13H,3-4,7,10H2,1H3,(H,21,24). The van der Waals surface area contributed by atoms with Crippen molar-refractivity contribution in [3.05, 3.63) is 41.9 Å². The molecule has 1 atom stereocenters. The van der Waals surface area contributed by atoms with Gasteiger partial charge in [0.25, 0.3) is 10.0 Å². The van der Waals surface area contributed by atoms with Crippen LogP contribution in [0.5, 0.6) is 0 Å². The molecule has 3 aromatic rings. The van der Waals surface area contributed by atoms with Crippen molar-refractivity contribution in [2.24, 2.45) is 5.92 Å². The first kappa shape index (κ1) is 19.7. The topological polar surface area (TPSA) is 118 Å². The highest BCUT2D eigenvalue weighted by molar-refractivity contribution is 7.91. The Labute approximate surface area is 171 Å². The van der Waals surface area contributed by atoms with Crippen LogP contribution in [0, 0.1) is 12.8 Å². The smallest absolute Gasteiger partial charge is 0.252 e. The van der Waals surface area contributed by atoms with Crippen molar-refractivity contribution in [2.45, 2.75) is 24.0 Å². The van der Waals surface area contributed by atoms with Gasteiger partial charge >= 0.3 is 0 Å². The number of rotatable bonds is 5. The molecular weight excluding hydrogens is 414 g/mol. The van der Waals surface area contributed by atoms with E-state index in [0.29, 0.717) is 42.4 Å². The summed E-state index contributed by atoms with van der Waals surface area (Å²) in [7, 11) is -3.71. The number of anilines is 1. The van der Waals surface area contributed by atoms with Crippen LogP contribution in [0.4, 0.5) is 5.69 Å². The number of carbonyl (C=O) groups is 1. The van der Waals surface area contributed by atoms with E-state index in [1.807, 2.05) is 0 Å². The number of aryl methyl sites for hydroxylation is 1. The van der Waals surface area contributed by atoms with Gasteiger partial charge < -0.3 is 9.84 Å². The van der Waals surface area contributed by atoms with Crippen LogP contribution in [0.15, 0.2) is 44.7 Å². The number of amides is 1. The van der Waals surface area contributed by atoms with Gasteiger partial charge in [-0.2, -0.15) is 9.29 Å². The van der Waals surface area contributed by atoms with Crippen molar-refractivity contribution in [1.82, 2.24) is 19.4 Å². The molecule has 1 unspecified atom stereocenters. The molecule has 1 amide bonds. The first-order chi connectivity index (χ1) is 13.9. The Kier molecular flexibility index (Phi) is 5.43. The summed E-state index contributed by atoms with van der Waals surface area (Å²) < 4.78 is 32.7. The van der Waals surface area contributed by atoms with Crippen molar-refractivity contribution in [1.29, 1.82) is 0 Å². The fraction of sp³-hybridized carbons (Fsp3) is 0.333. The fourth-order valence-electron chi connectivity index (χ4n) is 3.17. The van der Waals surface area contributed by atoms with Crippen molar-refractivity contribution in [3.8, 4) is 11.4 Å². The highest BCUT2D eigenvalue weighted by atomic mass is 32.2. The third kappa shape index (κ3) is 4.21. The molecule has 4 heterocycles. The predicted molar refractivity (Wildman–Crippen MR) is 107 cm³/mol. The maximum Gasteiger partial charge on any atom is 0.252 e. The van der Waals surface area contributed by atoms with E-state index in [1.54, 1.807) is 42.9 Å². The van der Waals surface area contributed by atoms with Gasteiger partial charge in [0.2, 0.25) is 17.6 Å². The predicted octanol–water partition coefficient (Wildman–Crippen LogP) is 2.54. The molecule has 0 spiro atoms. The Bertz CT molecular complexity index is 1110. The van der Waals surface area contributed by atoms with E-state index in [-0.39, 0.29) is 16.7 Å². The van der Waals surface area contributed by atoms with Crippen molar-refractivity contribution in [3.63, 3.8) is 0 Å². The second kappa shape index (κ2) is 8.01. The first-order valence-corrected chi connectivity index (χ1v) is 11.4. The van der Waals surface area contributed by atoms with E-state index in [4.69, 9.17) is 4.52 Å². The van der Waals surface area contributed by atoms with E-state index < -0.39 is 15.9 Å². The number of hydrogen-bond donors (Lipinski definition) is 1. The van der Waals surface area contributed by atoms with E-state index in [0.717, 1.165) is 11.3 Å². The number of piperidine rings is 1. The Morgan fingerprint density at radius 2 is 2.28 bits per heavy atom. The Balaban J connectivity index is 1.48. The molecule has 1 aliphatic rings. The summed E-state index contributed by atoms with van der Waals surface area (Å²) in [6, 6.07) is 5.02. The molecule has 152 valence electrons. The quantitative estimate of drug-likeness (QED) is 0.657. The number of hydrogen-bond acceptors (Lipinski definition) is 8. The van der Waals surface area contributed by atoms with Crippen LogP contribution in [0.2, 0.25) is 0 Å². The van der Waals surface area contributed by atoms with Gasteiger partial charge in [0.15, 0.2) is 0 Å². The average Bonchev–Trinajstić information content (AvgIpc) is 3.38. The highest BCUT2D eigenvalue weighted by Gasteiger charge is 2.34. The zero-order chi connectivity index (χ0) is 20.4. The average molecular weight is 434 g/mol. The number of carbonyl (C=O) groups excluding carboxylic acids is 1. The molecule has 1 saturated heterocycles. The second-order valence-electron chi connectivity index (χ2n) is 6.72. The molecule has 1 N–H and O–H groups in total. The van der Waals surface area contributed by atoms with Gasteiger partial charge in [-0.15, -0.1) is 11.3 Å². The summed E-state index contributed by atoms with van der Waals surface area (Å²) in [5.41, 5.74) is 1.18. The van der Waals surface area contributed by atoms with Gasteiger partial charge in [-0.25, -0.2) is 8.42 Å². The number of aromatic nitrogens is 3. The number of nitrogens with zero attached hydrogens (tertiary/aromatic N) is 4. The van der Waals surface area contributed by atoms with Crippen LogP contribution in [0.25, 0.3) is 11.4 Å². The zero-order valence-electron chi connectivity index (χ0n) is 15.6. The number of sulfonamides is 1. The van der Waals surface area contributed by atoms with Crippen LogP contribution >= 0.6 is 11.3 Å². The van der Waals surface area contributed by atoms with Gasteiger partial charge in [0.1, 0.15) is 4.21 Å². The zero-order valence-corrected chi connectivity index (χ0v) is 17.2. The minimum absolute atomic E-state index is 0.142. The van der Waals surface area contributed by atoms with E-state index in [1.165, 1.54) is 4.31 Å². The van der Waals surface area contributed by atoms with Gasteiger partial charge in [0, 0.05) is 37.2 Å². The molecule has 1 aliphatic heterocycles. The Hall–Kier alpha value is -2.63. The third-order valence-corrected chi connectivity index (χ3v) is 7.92. The number of nitrogens with one attached hydrogen (secondary N) is 1. The maximum absolute atomic E-state index is 13.1. The molecule has 0 bridgehead atoms. The van der Waals surface area contributed by atoms with Crippen molar-refractivity contribution < 1.29 is 17.7 Å². The van der Waals surface area contributed by atoms with Crippen molar-refractivity contribution >= 4 is 33.0 Å². The van der Waals surface area contributed by atoms with Crippen LogP contribution in [-0.2, 0) is 14.8 Å². The Morgan fingerprint density at radius 1 is 1.41 bits per heavy atom. The van der Waals surface area contributed by atoms with Crippen LogP contribution in [-0.4, -0.2) is 46.8 Å². The molecule has 0 aromatic carbocycles. The Morgan fingerprint density at radius 3 is 3.00 bits per heavy atom. The summed E-state index contributed by atoms with van der Waals surface area (Å²) >= 11 is 1.11. The molecule has 0 saturated carbocycles. The van der Waals surface area contributed by atoms with E-state index in [9.17, 15) is 13.2 Å². The molecule has 0 radical (unpaired) electrons. The van der Waals surface area contributed by atoms with Crippen LogP contribution in [0.3, 0.4) is 0 Å². The summed E-state index contributed by atoms with van der Waals surface area (Å²) in [6.07, 6.45) is 4.43. The molecule has 9 nitrogen and oxygen atoms in total. The summed E-state index contributed by atoms with van der Waals surface area (Å²) in [5.74, 6) is 0.145. The first-order valence-electron chi connectivity index (χ1n) is 9.04. The molecule has 1 fully saturated rings. The van der Waals surface area contributed by atoms with Crippen LogP contribution < -0.4 is 5.32 Å². The largest absolute Gasteiger partial charge is 0.339 e. The SMILES string of the molecule is Cc1nc(-c2csc(S(=O)(=O)N3CCCC(C(=O)Nc4cccnc4)C3)c2)no1. The van der Waals surface area contributed by atoms with E-state index >= 15 is 0 Å². The second-order valence-corrected chi connectivity index (χ2v) is 9.80. The fourth-order valence-corrected chi connectivity index (χ4v) is 6.00. The minimum atomic E-state index is -3.71. The third-order valence-electron chi connectivity index (χ3n) is 4.64. The van der Waals surface area contributed by atoms with Gasteiger partial charge in [-0.1, -0.05) is 5.16 Å². The molecule has 29 heavy (non-hydrogen) atoms. The van der Waals surface area contributed by atoms with Gasteiger partial charge in [0.05, 0.1) is 17.8 Å².